The fourth-order valence-electron chi connectivity index (χ4n) is 1.36. The van der Waals surface area contributed by atoms with Crippen molar-refractivity contribution in [3.8, 4) is 23.7 Å². The Balaban J connectivity index is 2.02. The van der Waals surface area contributed by atoms with E-state index in [2.05, 4.69) is 23.7 Å². The molecule has 0 aromatic rings. The summed E-state index contributed by atoms with van der Waals surface area (Å²) in [6.07, 6.45) is 9.77. The standard InChI is InChI=1S/C13H10O2/c1-2-3-4-5-7-12-8-10-13(15-12)9-6-11-14-13/h6-8,10-11H,9H2,1H3/b12-7+. The summed E-state index contributed by atoms with van der Waals surface area (Å²) in [4.78, 5) is 0. The van der Waals surface area contributed by atoms with Crippen LogP contribution in [0.1, 0.15) is 13.3 Å². The van der Waals surface area contributed by atoms with E-state index in [1.165, 1.54) is 0 Å². The van der Waals surface area contributed by atoms with Gasteiger partial charge in [0.05, 0.1) is 12.7 Å². The molecule has 0 amide bonds. The molecule has 2 heterocycles. The molecule has 0 aliphatic carbocycles. The van der Waals surface area contributed by atoms with Gasteiger partial charge in [-0.2, -0.15) is 0 Å². The molecule has 2 aliphatic rings. The Bertz CT molecular complexity index is 450. The number of hydrogen-bond donors (Lipinski definition) is 0. The van der Waals surface area contributed by atoms with Gasteiger partial charge >= 0.3 is 0 Å². The molecule has 1 spiro atoms. The fraction of sp³-hybridized carbons (Fsp3) is 0.231. The van der Waals surface area contributed by atoms with E-state index in [4.69, 9.17) is 9.47 Å². The first-order valence-corrected chi connectivity index (χ1v) is 4.68. The van der Waals surface area contributed by atoms with Crippen molar-refractivity contribution in [2.75, 3.05) is 0 Å². The third-order valence-corrected chi connectivity index (χ3v) is 2.03. The first-order valence-electron chi connectivity index (χ1n) is 4.68. The van der Waals surface area contributed by atoms with Crippen LogP contribution in [0.4, 0.5) is 0 Å². The van der Waals surface area contributed by atoms with Gasteiger partial charge in [0.2, 0.25) is 0 Å². The molecule has 74 valence electrons. The monoisotopic (exact) mass is 198 g/mol. The lowest BCUT2D eigenvalue weighted by Crippen LogP contribution is -2.24. The molecule has 0 aromatic heterocycles. The second-order valence-corrected chi connectivity index (χ2v) is 3.13. The van der Waals surface area contributed by atoms with Crippen molar-refractivity contribution in [2.45, 2.75) is 19.1 Å². The van der Waals surface area contributed by atoms with Crippen LogP contribution in [0.2, 0.25) is 0 Å². The molecular weight excluding hydrogens is 188 g/mol. The molecule has 2 aliphatic heterocycles. The molecule has 0 radical (unpaired) electrons. The molecule has 0 saturated heterocycles. The molecule has 0 bridgehead atoms. The fourth-order valence-corrected chi connectivity index (χ4v) is 1.36. The van der Waals surface area contributed by atoms with E-state index in [-0.39, 0.29) is 0 Å². The topological polar surface area (TPSA) is 18.5 Å². The summed E-state index contributed by atoms with van der Waals surface area (Å²) >= 11 is 0. The molecule has 2 heteroatoms. The smallest absolute Gasteiger partial charge is 0.274 e. The lowest BCUT2D eigenvalue weighted by molar-refractivity contribution is -0.115. The van der Waals surface area contributed by atoms with Gasteiger partial charge in [0.1, 0.15) is 5.76 Å². The number of ether oxygens (including phenoxy) is 2. The summed E-state index contributed by atoms with van der Waals surface area (Å²) < 4.78 is 11.0. The highest BCUT2D eigenvalue weighted by Gasteiger charge is 2.36. The van der Waals surface area contributed by atoms with Crippen LogP contribution < -0.4 is 0 Å². The van der Waals surface area contributed by atoms with Crippen molar-refractivity contribution >= 4 is 0 Å². The SMILES string of the molecule is CC#CC#C/C=C1\C=CC2(CC=CO2)O1. The van der Waals surface area contributed by atoms with Gasteiger partial charge in [-0.15, -0.1) is 0 Å². The van der Waals surface area contributed by atoms with Gasteiger partial charge in [-0.1, -0.05) is 11.8 Å². The van der Waals surface area contributed by atoms with E-state index in [1.807, 2.05) is 18.2 Å². The van der Waals surface area contributed by atoms with Crippen molar-refractivity contribution in [1.82, 2.24) is 0 Å². The Morgan fingerprint density at radius 1 is 1.47 bits per heavy atom. The van der Waals surface area contributed by atoms with Crippen LogP contribution in [-0.2, 0) is 9.47 Å². The largest absolute Gasteiger partial charge is 0.457 e. The minimum atomic E-state index is -0.607. The van der Waals surface area contributed by atoms with Crippen molar-refractivity contribution in [3.05, 3.63) is 36.3 Å². The van der Waals surface area contributed by atoms with Gasteiger partial charge < -0.3 is 9.47 Å². The average Bonchev–Trinajstić information content (AvgIpc) is 2.85. The summed E-state index contributed by atoms with van der Waals surface area (Å²) in [5.74, 6) is 10.9. The maximum Gasteiger partial charge on any atom is 0.274 e. The van der Waals surface area contributed by atoms with Gasteiger partial charge in [-0.05, 0) is 30.9 Å². The highest BCUT2D eigenvalue weighted by molar-refractivity contribution is 5.35. The number of allylic oxidation sites excluding steroid dienone is 2. The van der Waals surface area contributed by atoms with Crippen molar-refractivity contribution in [2.24, 2.45) is 0 Å². The van der Waals surface area contributed by atoms with Crippen LogP contribution in [-0.4, -0.2) is 5.79 Å². The van der Waals surface area contributed by atoms with Crippen molar-refractivity contribution in [3.63, 3.8) is 0 Å². The lowest BCUT2D eigenvalue weighted by atomic mass is 10.2. The lowest BCUT2D eigenvalue weighted by Gasteiger charge is -2.20. The van der Waals surface area contributed by atoms with Gasteiger partial charge in [-0.3, -0.25) is 0 Å². The maximum atomic E-state index is 5.60. The van der Waals surface area contributed by atoms with Crippen LogP contribution in [0, 0.1) is 23.7 Å². The van der Waals surface area contributed by atoms with Gasteiger partial charge in [0, 0.05) is 12.2 Å². The molecular formula is C13H10O2. The number of rotatable bonds is 0. The van der Waals surface area contributed by atoms with Crippen LogP contribution in [0.5, 0.6) is 0 Å². The third kappa shape index (κ3) is 2.06. The Morgan fingerprint density at radius 2 is 2.40 bits per heavy atom. The van der Waals surface area contributed by atoms with E-state index < -0.39 is 5.79 Å². The van der Waals surface area contributed by atoms with Crippen LogP contribution in [0.3, 0.4) is 0 Å². The predicted molar refractivity (Wildman–Crippen MR) is 57.1 cm³/mol. The summed E-state index contributed by atoms with van der Waals surface area (Å²) in [6, 6.07) is 0. The first-order chi connectivity index (χ1) is 7.35. The molecule has 15 heavy (non-hydrogen) atoms. The van der Waals surface area contributed by atoms with E-state index in [0.29, 0.717) is 5.76 Å². The minimum absolute atomic E-state index is 0.607. The normalized spacial score (nSPS) is 27.9. The van der Waals surface area contributed by atoms with E-state index >= 15 is 0 Å². The number of hydrogen-bond acceptors (Lipinski definition) is 2. The van der Waals surface area contributed by atoms with Crippen molar-refractivity contribution in [1.29, 1.82) is 0 Å². The zero-order chi connectivity index (χ0) is 10.6. The Hall–Kier alpha value is -2.06. The Labute approximate surface area is 89.3 Å². The molecule has 0 aromatic carbocycles. The van der Waals surface area contributed by atoms with E-state index in [0.717, 1.165) is 6.42 Å². The summed E-state index contributed by atoms with van der Waals surface area (Å²) in [5, 5.41) is 0. The quantitative estimate of drug-likeness (QED) is 0.555. The zero-order valence-electron chi connectivity index (χ0n) is 8.41. The second-order valence-electron chi connectivity index (χ2n) is 3.13. The van der Waals surface area contributed by atoms with Gasteiger partial charge in [-0.25, -0.2) is 0 Å². The van der Waals surface area contributed by atoms with Crippen molar-refractivity contribution < 1.29 is 9.47 Å². The summed E-state index contributed by atoms with van der Waals surface area (Å²) in [7, 11) is 0. The second kappa shape index (κ2) is 3.98. The van der Waals surface area contributed by atoms with Gasteiger partial charge in [0.25, 0.3) is 5.79 Å². The van der Waals surface area contributed by atoms with Crippen LogP contribution in [0.15, 0.2) is 36.3 Å². The highest BCUT2D eigenvalue weighted by Crippen LogP contribution is 2.34. The van der Waals surface area contributed by atoms with Gasteiger partial charge in [0.15, 0.2) is 0 Å². The Morgan fingerprint density at radius 3 is 3.13 bits per heavy atom. The van der Waals surface area contributed by atoms with E-state index in [9.17, 15) is 0 Å². The first kappa shape index (κ1) is 9.49. The molecule has 0 fully saturated rings. The zero-order valence-corrected chi connectivity index (χ0v) is 8.41. The Kier molecular flexibility index (Phi) is 2.52. The molecule has 2 nitrogen and oxygen atoms in total. The average molecular weight is 198 g/mol. The highest BCUT2D eigenvalue weighted by atomic mass is 16.7. The molecule has 1 atom stereocenters. The maximum absolute atomic E-state index is 5.60. The predicted octanol–water partition coefficient (Wildman–Crippen LogP) is 2.11. The summed E-state index contributed by atoms with van der Waals surface area (Å²) in [5.41, 5.74) is 0. The minimum Gasteiger partial charge on any atom is -0.457 e. The van der Waals surface area contributed by atoms with E-state index in [1.54, 1.807) is 19.3 Å². The molecule has 1 unspecified atom stereocenters. The summed E-state index contributed by atoms with van der Waals surface area (Å²) in [6.45, 7) is 1.75. The van der Waals surface area contributed by atoms with Crippen LogP contribution in [0.25, 0.3) is 0 Å². The molecule has 0 N–H and O–H groups in total. The van der Waals surface area contributed by atoms with Crippen LogP contribution >= 0.6 is 0 Å². The molecule has 0 saturated carbocycles. The molecule has 2 rings (SSSR count). The third-order valence-electron chi connectivity index (χ3n) is 2.03.